The highest BCUT2D eigenvalue weighted by molar-refractivity contribution is 5.89. The molecule has 0 saturated carbocycles. The highest BCUT2D eigenvalue weighted by atomic mass is 16.4. The van der Waals surface area contributed by atoms with Gasteiger partial charge >= 0.3 is 5.97 Å². The second kappa shape index (κ2) is 5.65. The Kier molecular flexibility index (Phi) is 4.48. The van der Waals surface area contributed by atoms with E-state index in [0.717, 1.165) is 0 Å². The van der Waals surface area contributed by atoms with Gasteiger partial charge in [0.2, 0.25) is 11.8 Å². The zero-order valence-corrected chi connectivity index (χ0v) is 10.1. The monoisotopic (exact) mass is 242 g/mol. The van der Waals surface area contributed by atoms with Crippen molar-refractivity contribution in [1.29, 1.82) is 0 Å². The number of carboxylic acids is 1. The first kappa shape index (κ1) is 13.5. The molecule has 1 rings (SSSR count). The zero-order valence-electron chi connectivity index (χ0n) is 10.1. The molecule has 1 aliphatic rings. The molecule has 17 heavy (non-hydrogen) atoms. The number of nitrogens with zero attached hydrogens (tertiary/aromatic N) is 1. The Morgan fingerprint density at radius 1 is 1.53 bits per heavy atom. The number of carboxylic acid groups (broad SMARTS) is 1. The topological polar surface area (TPSA) is 86.7 Å². The molecule has 0 aromatic heterocycles. The lowest BCUT2D eigenvalue weighted by atomic mass is 10.1. The van der Waals surface area contributed by atoms with Crippen molar-refractivity contribution in [2.24, 2.45) is 5.92 Å². The average Bonchev–Trinajstić information content (AvgIpc) is 2.59. The second-order valence-electron chi connectivity index (χ2n) is 4.48. The molecule has 1 atom stereocenters. The maximum Gasteiger partial charge on any atom is 0.305 e. The third-order valence-electron chi connectivity index (χ3n) is 2.79. The summed E-state index contributed by atoms with van der Waals surface area (Å²) in [5.74, 6) is -1.54. The minimum Gasteiger partial charge on any atom is -0.481 e. The summed E-state index contributed by atoms with van der Waals surface area (Å²) >= 11 is 0. The Morgan fingerprint density at radius 3 is 2.65 bits per heavy atom. The second-order valence-corrected chi connectivity index (χ2v) is 4.48. The van der Waals surface area contributed by atoms with E-state index in [-0.39, 0.29) is 43.2 Å². The smallest absolute Gasteiger partial charge is 0.305 e. The Balaban J connectivity index is 2.39. The fourth-order valence-corrected chi connectivity index (χ4v) is 1.84. The van der Waals surface area contributed by atoms with Gasteiger partial charge in [0.25, 0.3) is 0 Å². The van der Waals surface area contributed by atoms with Gasteiger partial charge in [-0.1, -0.05) is 0 Å². The fraction of sp³-hybridized carbons (Fsp3) is 0.727. The Labute approximate surface area is 100.0 Å². The third-order valence-corrected chi connectivity index (χ3v) is 2.79. The normalized spacial score (nSPS) is 19.8. The first-order valence-corrected chi connectivity index (χ1v) is 5.70. The number of carbonyl (C=O) groups excluding carboxylic acids is 2. The average molecular weight is 242 g/mol. The quantitative estimate of drug-likeness (QED) is 0.701. The van der Waals surface area contributed by atoms with Crippen LogP contribution in [-0.4, -0.2) is 46.9 Å². The van der Waals surface area contributed by atoms with Crippen LogP contribution in [-0.2, 0) is 14.4 Å². The van der Waals surface area contributed by atoms with Crippen molar-refractivity contribution in [3.8, 4) is 0 Å². The van der Waals surface area contributed by atoms with Crippen molar-refractivity contribution in [3.05, 3.63) is 0 Å². The number of amides is 2. The number of hydrogen-bond donors (Lipinski definition) is 2. The Bertz CT molecular complexity index is 327. The molecule has 0 aliphatic carbocycles. The van der Waals surface area contributed by atoms with Gasteiger partial charge in [-0.2, -0.15) is 0 Å². The minimum absolute atomic E-state index is 0.0154. The van der Waals surface area contributed by atoms with Crippen LogP contribution in [0.2, 0.25) is 0 Å². The van der Waals surface area contributed by atoms with Crippen LogP contribution in [0.1, 0.15) is 26.7 Å². The predicted molar refractivity (Wildman–Crippen MR) is 60.2 cm³/mol. The van der Waals surface area contributed by atoms with E-state index in [1.165, 1.54) is 0 Å². The summed E-state index contributed by atoms with van der Waals surface area (Å²) in [6, 6.07) is 0.0966. The van der Waals surface area contributed by atoms with Gasteiger partial charge in [-0.15, -0.1) is 0 Å². The molecule has 0 aromatic rings. The van der Waals surface area contributed by atoms with Crippen LogP contribution in [0.15, 0.2) is 0 Å². The molecule has 6 nitrogen and oxygen atoms in total. The van der Waals surface area contributed by atoms with E-state index in [1.54, 1.807) is 4.90 Å². The lowest BCUT2D eigenvalue weighted by molar-refractivity contribution is -0.137. The van der Waals surface area contributed by atoms with Crippen LogP contribution < -0.4 is 5.32 Å². The molecule has 0 bridgehead atoms. The van der Waals surface area contributed by atoms with Crippen molar-refractivity contribution in [2.45, 2.75) is 32.7 Å². The van der Waals surface area contributed by atoms with Gasteiger partial charge in [0.05, 0.1) is 12.3 Å². The summed E-state index contributed by atoms with van der Waals surface area (Å²) in [6.07, 6.45) is 0.122. The van der Waals surface area contributed by atoms with Crippen LogP contribution in [0.25, 0.3) is 0 Å². The van der Waals surface area contributed by atoms with Crippen molar-refractivity contribution < 1.29 is 19.5 Å². The summed E-state index contributed by atoms with van der Waals surface area (Å²) < 4.78 is 0. The molecule has 0 spiro atoms. The van der Waals surface area contributed by atoms with Crippen molar-refractivity contribution >= 4 is 17.8 Å². The van der Waals surface area contributed by atoms with Crippen LogP contribution in [0.4, 0.5) is 0 Å². The number of aliphatic carboxylic acids is 1. The number of carbonyl (C=O) groups is 3. The van der Waals surface area contributed by atoms with E-state index in [9.17, 15) is 14.4 Å². The van der Waals surface area contributed by atoms with Crippen LogP contribution >= 0.6 is 0 Å². The van der Waals surface area contributed by atoms with Crippen LogP contribution in [0.3, 0.4) is 0 Å². The molecular formula is C11H18N2O4. The van der Waals surface area contributed by atoms with E-state index in [2.05, 4.69) is 5.32 Å². The van der Waals surface area contributed by atoms with Gasteiger partial charge < -0.3 is 15.3 Å². The summed E-state index contributed by atoms with van der Waals surface area (Å²) in [5.41, 5.74) is 0. The maximum atomic E-state index is 11.7. The highest BCUT2D eigenvalue weighted by Gasteiger charge is 2.35. The van der Waals surface area contributed by atoms with Gasteiger partial charge in [-0.05, 0) is 13.8 Å². The van der Waals surface area contributed by atoms with E-state index >= 15 is 0 Å². The van der Waals surface area contributed by atoms with Crippen molar-refractivity contribution in [3.63, 3.8) is 0 Å². The highest BCUT2D eigenvalue weighted by Crippen LogP contribution is 2.19. The molecule has 0 aromatic carbocycles. The molecule has 96 valence electrons. The molecule has 1 saturated heterocycles. The Morgan fingerprint density at radius 2 is 2.18 bits per heavy atom. The summed E-state index contributed by atoms with van der Waals surface area (Å²) in [7, 11) is 0. The molecule has 1 unspecified atom stereocenters. The van der Waals surface area contributed by atoms with Crippen LogP contribution in [0, 0.1) is 5.92 Å². The maximum absolute atomic E-state index is 11.7. The molecule has 1 fully saturated rings. The summed E-state index contributed by atoms with van der Waals surface area (Å²) in [5, 5.41) is 11.0. The van der Waals surface area contributed by atoms with Gasteiger partial charge in [0.1, 0.15) is 0 Å². The standard InChI is InChI=1S/C11H18N2O4/c1-7(2)13-6-8(5-9(13)14)11(17)12-4-3-10(15)16/h7-8H,3-6H2,1-2H3,(H,12,17)(H,15,16). The van der Waals surface area contributed by atoms with Crippen LogP contribution in [0.5, 0.6) is 0 Å². The van der Waals surface area contributed by atoms with E-state index in [1.807, 2.05) is 13.8 Å². The van der Waals surface area contributed by atoms with E-state index in [0.29, 0.717) is 6.54 Å². The first-order chi connectivity index (χ1) is 7.91. The van der Waals surface area contributed by atoms with E-state index in [4.69, 9.17) is 5.11 Å². The largest absolute Gasteiger partial charge is 0.481 e. The molecule has 2 N–H and O–H groups in total. The van der Waals surface area contributed by atoms with Gasteiger partial charge in [-0.3, -0.25) is 14.4 Å². The number of likely N-dealkylation sites (tertiary alicyclic amines) is 1. The van der Waals surface area contributed by atoms with E-state index < -0.39 is 5.97 Å². The number of nitrogens with one attached hydrogen (secondary N) is 1. The molecule has 1 heterocycles. The number of hydrogen-bond acceptors (Lipinski definition) is 3. The summed E-state index contributed by atoms with van der Waals surface area (Å²) in [6.45, 7) is 4.35. The lowest BCUT2D eigenvalue weighted by Crippen LogP contribution is -2.36. The fourth-order valence-electron chi connectivity index (χ4n) is 1.84. The zero-order chi connectivity index (χ0) is 13.0. The molecule has 2 amide bonds. The SMILES string of the molecule is CC(C)N1CC(C(=O)NCCC(=O)O)CC1=O. The minimum atomic E-state index is -0.948. The lowest BCUT2D eigenvalue weighted by Gasteiger charge is -2.20. The molecule has 1 aliphatic heterocycles. The van der Waals surface area contributed by atoms with Gasteiger partial charge in [-0.25, -0.2) is 0 Å². The Hall–Kier alpha value is -1.59. The van der Waals surface area contributed by atoms with Crippen molar-refractivity contribution in [1.82, 2.24) is 10.2 Å². The first-order valence-electron chi connectivity index (χ1n) is 5.70. The third kappa shape index (κ3) is 3.72. The molecule has 6 heteroatoms. The molecule has 0 radical (unpaired) electrons. The predicted octanol–water partition coefficient (Wildman–Crippen LogP) is -0.166. The number of rotatable bonds is 5. The van der Waals surface area contributed by atoms with Crippen molar-refractivity contribution in [2.75, 3.05) is 13.1 Å². The van der Waals surface area contributed by atoms with Gasteiger partial charge in [0.15, 0.2) is 0 Å². The molecular weight excluding hydrogens is 224 g/mol. The summed E-state index contributed by atoms with van der Waals surface area (Å²) in [4.78, 5) is 35.2. The van der Waals surface area contributed by atoms with Gasteiger partial charge in [0, 0.05) is 25.6 Å².